The summed E-state index contributed by atoms with van der Waals surface area (Å²) in [6.45, 7) is 0.265. The Labute approximate surface area is 101 Å². The van der Waals surface area contributed by atoms with Gasteiger partial charge >= 0.3 is 6.09 Å². The molecule has 5 heteroatoms. The number of hydrogen-bond donors (Lipinski definition) is 2. The molecule has 16 heavy (non-hydrogen) atoms. The largest absolute Gasteiger partial charge is 0.445 e. The highest BCUT2D eigenvalue weighted by Gasteiger charge is 2.06. The Hall–Kier alpha value is -1.49. The number of benzene rings is 1. The molecule has 2 aromatic rings. The van der Waals surface area contributed by atoms with E-state index in [4.69, 9.17) is 4.74 Å². The van der Waals surface area contributed by atoms with Crippen molar-refractivity contribution in [1.29, 1.82) is 0 Å². The van der Waals surface area contributed by atoms with Crippen LogP contribution in [0.5, 0.6) is 0 Å². The third-order valence-corrected chi connectivity index (χ3v) is 2.79. The van der Waals surface area contributed by atoms with E-state index in [1.807, 2.05) is 24.4 Å². The van der Waals surface area contributed by atoms with Crippen LogP contribution in [0, 0.1) is 0 Å². The summed E-state index contributed by atoms with van der Waals surface area (Å²) in [5, 5.41) is 3.47. The van der Waals surface area contributed by atoms with E-state index in [9.17, 15) is 4.79 Å². The van der Waals surface area contributed by atoms with Crippen molar-refractivity contribution in [2.45, 2.75) is 6.61 Å². The van der Waals surface area contributed by atoms with Crippen molar-refractivity contribution in [3.05, 3.63) is 34.4 Å². The number of ether oxygens (including phenoxy) is 1. The number of aromatic nitrogens is 1. The molecule has 84 valence electrons. The summed E-state index contributed by atoms with van der Waals surface area (Å²) in [6, 6.07) is 5.93. The van der Waals surface area contributed by atoms with Crippen molar-refractivity contribution in [2.24, 2.45) is 0 Å². The maximum Gasteiger partial charge on any atom is 0.407 e. The van der Waals surface area contributed by atoms with Gasteiger partial charge in [-0.1, -0.05) is 22.0 Å². The SMILES string of the molecule is CNC(=O)OCc1c[nH]c2cc(Br)ccc12. The Balaban J connectivity index is 2.22. The minimum absolute atomic E-state index is 0.265. The molecule has 4 nitrogen and oxygen atoms in total. The van der Waals surface area contributed by atoms with Crippen molar-refractivity contribution in [3.63, 3.8) is 0 Å². The molecule has 2 rings (SSSR count). The highest BCUT2D eigenvalue weighted by Crippen LogP contribution is 2.22. The van der Waals surface area contributed by atoms with Crippen molar-refractivity contribution >= 4 is 32.9 Å². The molecule has 0 atom stereocenters. The van der Waals surface area contributed by atoms with Crippen molar-refractivity contribution in [3.8, 4) is 0 Å². The summed E-state index contributed by atoms with van der Waals surface area (Å²) in [6.07, 6.45) is 1.42. The number of hydrogen-bond acceptors (Lipinski definition) is 2. The molecule has 0 aliphatic carbocycles. The van der Waals surface area contributed by atoms with Gasteiger partial charge in [0, 0.05) is 34.2 Å². The van der Waals surface area contributed by atoms with Crippen LogP contribution in [-0.2, 0) is 11.3 Å². The average molecular weight is 283 g/mol. The van der Waals surface area contributed by atoms with E-state index < -0.39 is 6.09 Å². The van der Waals surface area contributed by atoms with Gasteiger partial charge in [0.2, 0.25) is 0 Å². The smallest absolute Gasteiger partial charge is 0.407 e. The Morgan fingerprint density at radius 1 is 1.56 bits per heavy atom. The molecule has 0 aliphatic rings. The number of H-pyrrole nitrogens is 1. The molecule has 0 saturated heterocycles. The van der Waals surface area contributed by atoms with Gasteiger partial charge in [0.05, 0.1) is 0 Å². The maximum atomic E-state index is 10.9. The fourth-order valence-electron chi connectivity index (χ4n) is 1.49. The van der Waals surface area contributed by atoms with E-state index in [0.717, 1.165) is 20.9 Å². The third kappa shape index (κ3) is 2.19. The van der Waals surface area contributed by atoms with Gasteiger partial charge < -0.3 is 15.0 Å². The van der Waals surface area contributed by atoms with E-state index in [-0.39, 0.29) is 6.61 Å². The summed E-state index contributed by atoms with van der Waals surface area (Å²) in [5.41, 5.74) is 1.98. The summed E-state index contributed by atoms with van der Waals surface area (Å²) in [7, 11) is 1.54. The second-order valence-electron chi connectivity index (χ2n) is 3.33. The molecule has 0 unspecified atom stereocenters. The standard InChI is InChI=1S/C11H11BrN2O2/c1-13-11(15)16-6-7-5-14-10-4-8(12)2-3-9(7)10/h2-5,14H,6H2,1H3,(H,13,15). The summed E-state index contributed by atoms with van der Waals surface area (Å²) >= 11 is 3.40. The first kappa shape index (κ1) is 11.0. The minimum Gasteiger partial charge on any atom is -0.445 e. The Morgan fingerprint density at radius 3 is 3.12 bits per heavy atom. The van der Waals surface area contributed by atoms with Crippen LogP contribution in [0.3, 0.4) is 0 Å². The molecule has 0 aliphatic heterocycles. The van der Waals surface area contributed by atoms with E-state index in [1.165, 1.54) is 7.05 Å². The van der Waals surface area contributed by atoms with Gasteiger partial charge in [0.1, 0.15) is 6.61 Å². The van der Waals surface area contributed by atoms with Gasteiger partial charge in [-0.05, 0) is 12.1 Å². The highest BCUT2D eigenvalue weighted by molar-refractivity contribution is 9.10. The average Bonchev–Trinajstić information content (AvgIpc) is 2.68. The van der Waals surface area contributed by atoms with E-state index in [2.05, 4.69) is 26.2 Å². The van der Waals surface area contributed by atoms with Gasteiger partial charge in [-0.3, -0.25) is 0 Å². The first-order chi connectivity index (χ1) is 7.70. The zero-order valence-corrected chi connectivity index (χ0v) is 10.3. The summed E-state index contributed by atoms with van der Waals surface area (Å²) in [5.74, 6) is 0. The second kappa shape index (κ2) is 4.57. The molecule has 0 bridgehead atoms. The topological polar surface area (TPSA) is 54.1 Å². The van der Waals surface area contributed by atoms with Crippen LogP contribution in [0.4, 0.5) is 4.79 Å². The van der Waals surface area contributed by atoms with Crippen LogP contribution >= 0.6 is 15.9 Å². The van der Waals surface area contributed by atoms with Crippen molar-refractivity contribution < 1.29 is 9.53 Å². The number of carbonyl (C=O) groups is 1. The number of carbonyl (C=O) groups excluding carboxylic acids is 1. The lowest BCUT2D eigenvalue weighted by Crippen LogP contribution is -2.18. The number of fused-ring (bicyclic) bond motifs is 1. The highest BCUT2D eigenvalue weighted by atomic mass is 79.9. The summed E-state index contributed by atoms with van der Waals surface area (Å²) in [4.78, 5) is 14.1. The number of rotatable bonds is 2. The lowest BCUT2D eigenvalue weighted by Gasteiger charge is -2.02. The first-order valence-electron chi connectivity index (χ1n) is 4.80. The number of alkyl carbamates (subject to hydrolysis) is 1. The van der Waals surface area contributed by atoms with Gasteiger partial charge in [0.15, 0.2) is 0 Å². The van der Waals surface area contributed by atoms with Gasteiger partial charge in [-0.25, -0.2) is 4.79 Å². The predicted octanol–water partition coefficient (Wildman–Crippen LogP) is 2.79. The fourth-order valence-corrected chi connectivity index (χ4v) is 1.85. The van der Waals surface area contributed by atoms with Gasteiger partial charge in [0.25, 0.3) is 0 Å². The first-order valence-corrected chi connectivity index (χ1v) is 5.60. The van der Waals surface area contributed by atoms with Crippen LogP contribution in [0.25, 0.3) is 10.9 Å². The minimum atomic E-state index is -0.425. The maximum absolute atomic E-state index is 10.9. The lowest BCUT2D eigenvalue weighted by atomic mass is 10.2. The predicted molar refractivity (Wildman–Crippen MR) is 65.2 cm³/mol. The Bertz CT molecular complexity index is 522. The van der Waals surface area contributed by atoms with Crippen LogP contribution in [-0.4, -0.2) is 18.1 Å². The number of amides is 1. The molecule has 0 radical (unpaired) electrons. The second-order valence-corrected chi connectivity index (χ2v) is 4.25. The van der Waals surface area contributed by atoms with Crippen LogP contribution in [0.15, 0.2) is 28.9 Å². The molecule has 0 fully saturated rings. The van der Waals surface area contributed by atoms with E-state index in [0.29, 0.717) is 0 Å². The van der Waals surface area contributed by atoms with E-state index >= 15 is 0 Å². The van der Waals surface area contributed by atoms with Crippen molar-refractivity contribution in [1.82, 2.24) is 10.3 Å². The Morgan fingerprint density at radius 2 is 2.38 bits per heavy atom. The van der Waals surface area contributed by atoms with Crippen LogP contribution in [0.1, 0.15) is 5.56 Å². The molecule has 1 aromatic carbocycles. The molecule has 2 N–H and O–H groups in total. The van der Waals surface area contributed by atoms with E-state index in [1.54, 1.807) is 0 Å². The van der Waals surface area contributed by atoms with Gasteiger partial charge in [-0.15, -0.1) is 0 Å². The molecule has 0 spiro atoms. The zero-order chi connectivity index (χ0) is 11.5. The van der Waals surface area contributed by atoms with Crippen LogP contribution in [0.2, 0.25) is 0 Å². The molecule has 1 aromatic heterocycles. The fraction of sp³-hybridized carbons (Fsp3) is 0.182. The number of nitrogens with one attached hydrogen (secondary N) is 2. The van der Waals surface area contributed by atoms with Gasteiger partial charge in [-0.2, -0.15) is 0 Å². The molecule has 1 amide bonds. The van der Waals surface area contributed by atoms with Crippen molar-refractivity contribution in [2.75, 3.05) is 7.05 Å². The Kier molecular flexibility index (Phi) is 3.14. The molecule has 1 heterocycles. The van der Waals surface area contributed by atoms with Crippen LogP contribution < -0.4 is 5.32 Å². The molecule has 0 saturated carbocycles. The number of halogens is 1. The third-order valence-electron chi connectivity index (χ3n) is 2.29. The molecular formula is C11H11BrN2O2. The molecular weight excluding hydrogens is 272 g/mol. The normalized spacial score (nSPS) is 10.4. The lowest BCUT2D eigenvalue weighted by molar-refractivity contribution is 0.142. The summed E-state index contributed by atoms with van der Waals surface area (Å²) < 4.78 is 6.01. The monoisotopic (exact) mass is 282 g/mol. The quantitative estimate of drug-likeness (QED) is 0.890. The zero-order valence-electron chi connectivity index (χ0n) is 8.71. The number of aromatic amines is 1.